The Kier molecular flexibility index (Phi) is 1.11. The quantitative estimate of drug-likeness (QED) is 0.557. The largest absolute Gasteiger partial charge is 0.431 e. The van der Waals surface area contributed by atoms with E-state index in [4.69, 9.17) is 0 Å². The Morgan fingerprint density at radius 3 is 3.20 bits per heavy atom. The molecule has 0 fully saturated rings. The Hall–Kier alpha value is -1.09. The molecule has 3 heteroatoms. The zero-order valence-electron chi connectivity index (χ0n) is 5.39. The van der Waals surface area contributed by atoms with Crippen molar-refractivity contribution < 1.29 is 4.42 Å². The Labute approximate surface area is 57.7 Å². The van der Waals surface area contributed by atoms with Gasteiger partial charge in [0.1, 0.15) is 0 Å². The van der Waals surface area contributed by atoms with Crippen molar-refractivity contribution in [1.29, 1.82) is 0 Å². The number of rotatable bonds is 0. The molecule has 1 aromatic rings. The SMILES string of the molecule is O=c1occc2c1CNC2. The highest BCUT2D eigenvalue weighted by molar-refractivity contribution is 5.25. The molecule has 0 aliphatic carbocycles. The highest BCUT2D eigenvalue weighted by Crippen LogP contribution is 2.08. The van der Waals surface area contributed by atoms with E-state index in [0.717, 1.165) is 17.7 Å². The van der Waals surface area contributed by atoms with Crippen molar-refractivity contribution in [3.63, 3.8) is 0 Å². The van der Waals surface area contributed by atoms with Gasteiger partial charge in [0.05, 0.1) is 11.8 Å². The molecule has 2 heterocycles. The Morgan fingerprint density at radius 1 is 1.50 bits per heavy atom. The summed E-state index contributed by atoms with van der Waals surface area (Å²) in [6, 6.07) is 1.83. The molecular formula is C7H7NO2. The molecule has 1 aliphatic rings. The van der Waals surface area contributed by atoms with Crippen LogP contribution in [0.25, 0.3) is 0 Å². The van der Waals surface area contributed by atoms with E-state index in [1.54, 1.807) is 0 Å². The first-order chi connectivity index (χ1) is 4.88. The standard InChI is InChI=1S/C7H7NO2/c9-7-6-4-8-3-5(6)1-2-10-7/h1-2,8H,3-4H2. The highest BCUT2D eigenvalue weighted by Gasteiger charge is 2.12. The molecule has 0 spiro atoms. The van der Waals surface area contributed by atoms with E-state index in [1.165, 1.54) is 6.26 Å². The average molecular weight is 137 g/mol. The third-order valence-electron chi connectivity index (χ3n) is 1.70. The van der Waals surface area contributed by atoms with Crippen LogP contribution in [0.2, 0.25) is 0 Å². The zero-order valence-corrected chi connectivity index (χ0v) is 5.39. The highest BCUT2D eigenvalue weighted by atomic mass is 16.4. The summed E-state index contributed by atoms with van der Waals surface area (Å²) in [6.07, 6.45) is 1.44. The number of hydrogen-bond acceptors (Lipinski definition) is 3. The predicted molar refractivity (Wildman–Crippen MR) is 35.5 cm³/mol. The van der Waals surface area contributed by atoms with Crippen molar-refractivity contribution in [1.82, 2.24) is 5.32 Å². The molecular weight excluding hydrogens is 130 g/mol. The monoisotopic (exact) mass is 137 g/mol. The van der Waals surface area contributed by atoms with Gasteiger partial charge in [0.15, 0.2) is 0 Å². The molecule has 0 saturated carbocycles. The molecule has 2 rings (SSSR count). The van der Waals surface area contributed by atoms with Crippen LogP contribution >= 0.6 is 0 Å². The summed E-state index contributed by atoms with van der Waals surface area (Å²) < 4.78 is 4.67. The topological polar surface area (TPSA) is 42.2 Å². The second-order valence-corrected chi connectivity index (χ2v) is 2.32. The maximum absolute atomic E-state index is 10.9. The lowest BCUT2D eigenvalue weighted by Gasteiger charge is -1.90. The van der Waals surface area contributed by atoms with E-state index < -0.39 is 0 Å². The van der Waals surface area contributed by atoms with Crippen LogP contribution < -0.4 is 10.9 Å². The van der Waals surface area contributed by atoms with Crippen molar-refractivity contribution in [2.24, 2.45) is 0 Å². The van der Waals surface area contributed by atoms with Gasteiger partial charge in [-0.2, -0.15) is 0 Å². The average Bonchev–Trinajstić information content (AvgIpc) is 2.36. The fraction of sp³-hybridized carbons (Fsp3) is 0.286. The van der Waals surface area contributed by atoms with Gasteiger partial charge in [0.2, 0.25) is 0 Å². The molecule has 0 saturated heterocycles. The first-order valence-electron chi connectivity index (χ1n) is 3.18. The van der Waals surface area contributed by atoms with Crippen LogP contribution in [0.4, 0.5) is 0 Å². The van der Waals surface area contributed by atoms with Crippen molar-refractivity contribution in [3.05, 3.63) is 33.9 Å². The summed E-state index contributed by atoms with van der Waals surface area (Å²) in [5.74, 6) is 0. The fourth-order valence-electron chi connectivity index (χ4n) is 1.15. The lowest BCUT2D eigenvalue weighted by molar-refractivity contribution is 0.502. The van der Waals surface area contributed by atoms with Gasteiger partial charge in [0, 0.05) is 13.1 Å². The molecule has 52 valence electrons. The molecule has 1 aliphatic heterocycles. The second kappa shape index (κ2) is 1.95. The Balaban J connectivity index is 2.70. The molecule has 0 atom stereocenters. The number of hydrogen-bond donors (Lipinski definition) is 1. The maximum Gasteiger partial charge on any atom is 0.340 e. The van der Waals surface area contributed by atoms with E-state index in [2.05, 4.69) is 9.73 Å². The first-order valence-corrected chi connectivity index (χ1v) is 3.18. The van der Waals surface area contributed by atoms with Gasteiger partial charge < -0.3 is 9.73 Å². The van der Waals surface area contributed by atoms with Crippen LogP contribution in [0.3, 0.4) is 0 Å². The normalized spacial score (nSPS) is 15.2. The molecule has 0 bridgehead atoms. The van der Waals surface area contributed by atoms with Crippen molar-refractivity contribution >= 4 is 0 Å². The number of nitrogens with one attached hydrogen (secondary N) is 1. The first kappa shape index (κ1) is 5.68. The third-order valence-corrected chi connectivity index (χ3v) is 1.70. The summed E-state index contributed by atoms with van der Waals surface area (Å²) in [5, 5.41) is 3.07. The lowest BCUT2D eigenvalue weighted by Crippen LogP contribution is -2.07. The minimum absolute atomic E-state index is 0.206. The van der Waals surface area contributed by atoms with E-state index in [9.17, 15) is 4.79 Å². The molecule has 0 radical (unpaired) electrons. The summed E-state index contributed by atoms with van der Waals surface area (Å²) in [5.41, 5.74) is 1.64. The van der Waals surface area contributed by atoms with Crippen molar-refractivity contribution in [2.45, 2.75) is 13.1 Å². The summed E-state index contributed by atoms with van der Waals surface area (Å²) in [7, 11) is 0. The molecule has 0 unspecified atom stereocenters. The fourth-order valence-corrected chi connectivity index (χ4v) is 1.15. The van der Waals surface area contributed by atoms with Crippen LogP contribution in [-0.4, -0.2) is 0 Å². The molecule has 0 amide bonds. The van der Waals surface area contributed by atoms with Crippen LogP contribution in [0, 0.1) is 0 Å². The van der Waals surface area contributed by atoms with Gasteiger partial charge in [-0.05, 0) is 11.6 Å². The lowest BCUT2D eigenvalue weighted by atomic mass is 10.2. The van der Waals surface area contributed by atoms with E-state index >= 15 is 0 Å². The van der Waals surface area contributed by atoms with Crippen LogP contribution in [0.1, 0.15) is 11.1 Å². The summed E-state index contributed by atoms with van der Waals surface area (Å²) in [6.45, 7) is 1.44. The van der Waals surface area contributed by atoms with Gasteiger partial charge in [-0.1, -0.05) is 0 Å². The van der Waals surface area contributed by atoms with Gasteiger partial charge in [-0.25, -0.2) is 4.79 Å². The van der Waals surface area contributed by atoms with Crippen LogP contribution in [0.15, 0.2) is 21.5 Å². The third kappa shape index (κ3) is 0.675. The minimum atomic E-state index is -0.206. The van der Waals surface area contributed by atoms with Crippen molar-refractivity contribution in [2.75, 3.05) is 0 Å². The molecule has 10 heavy (non-hydrogen) atoms. The second-order valence-electron chi connectivity index (χ2n) is 2.32. The van der Waals surface area contributed by atoms with E-state index in [-0.39, 0.29) is 5.63 Å². The van der Waals surface area contributed by atoms with Gasteiger partial charge in [-0.3, -0.25) is 0 Å². The molecule has 0 aromatic carbocycles. The van der Waals surface area contributed by atoms with Crippen LogP contribution in [0.5, 0.6) is 0 Å². The molecule has 1 aromatic heterocycles. The smallest absolute Gasteiger partial charge is 0.340 e. The summed E-state index contributed by atoms with van der Waals surface area (Å²) >= 11 is 0. The Morgan fingerprint density at radius 2 is 2.40 bits per heavy atom. The molecule has 1 N–H and O–H groups in total. The molecule has 3 nitrogen and oxygen atoms in total. The van der Waals surface area contributed by atoms with Gasteiger partial charge in [0.25, 0.3) is 0 Å². The zero-order chi connectivity index (χ0) is 6.97. The van der Waals surface area contributed by atoms with E-state index in [0.29, 0.717) is 6.54 Å². The number of fused-ring (bicyclic) bond motifs is 1. The van der Waals surface area contributed by atoms with E-state index in [1.807, 2.05) is 6.07 Å². The Bertz CT molecular complexity index is 303. The summed E-state index contributed by atoms with van der Waals surface area (Å²) in [4.78, 5) is 10.9. The van der Waals surface area contributed by atoms with Gasteiger partial charge >= 0.3 is 5.63 Å². The van der Waals surface area contributed by atoms with Crippen LogP contribution in [-0.2, 0) is 13.1 Å². The minimum Gasteiger partial charge on any atom is -0.431 e. The maximum atomic E-state index is 10.9. The van der Waals surface area contributed by atoms with Gasteiger partial charge in [-0.15, -0.1) is 0 Å². The predicted octanol–water partition coefficient (Wildman–Crippen LogP) is 0.243. The van der Waals surface area contributed by atoms with Crippen molar-refractivity contribution in [3.8, 4) is 0 Å².